The Balaban J connectivity index is 1.95. The largest absolute Gasteiger partial charge is 0.384 e. The van der Waals surface area contributed by atoms with Gasteiger partial charge in [0.05, 0.1) is 17.6 Å². The minimum atomic E-state index is -0.634. The highest BCUT2D eigenvalue weighted by Crippen LogP contribution is 2.46. The third-order valence-corrected chi connectivity index (χ3v) is 5.20. The van der Waals surface area contributed by atoms with E-state index >= 15 is 0 Å². The quantitative estimate of drug-likeness (QED) is 0.849. The lowest BCUT2D eigenvalue weighted by atomic mass is 9.75. The number of rotatable bonds is 2. The number of nitriles is 1. The van der Waals surface area contributed by atoms with Gasteiger partial charge in [0.25, 0.3) is 0 Å². The molecule has 1 atom stereocenters. The first kappa shape index (κ1) is 17.9. The molecule has 0 spiro atoms. The summed E-state index contributed by atoms with van der Waals surface area (Å²) in [6.07, 6.45) is 1.66. The number of allylic oxidation sites excluding steroid dienone is 3. The molecule has 2 aliphatic rings. The molecule has 2 aromatic carbocycles. The first-order valence-corrected chi connectivity index (χ1v) is 8.98. The minimum absolute atomic E-state index is 0.0528. The molecule has 0 fully saturated rings. The van der Waals surface area contributed by atoms with E-state index < -0.39 is 11.7 Å². The summed E-state index contributed by atoms with van der Waals surface area (Å²) in [6, 6.07) is 13.7. The summed E-state index contributed by atoms with van der Waals surface area (Å²) in [5, 5.41) is 9.85. The van der Waals surface area contributed by atoms with Crippen molar-refractivity contribution in [2.45, 2.75) is 25.2 Å². The second-order valence-electron chi connectivity index (χ2n) is 6.84. The van der Waals surface area contributed by atoms with E-state index in [4.69, 9.17) is 5.73 Å². The Morgan fingerprint density at radius 2 is 1.61 bits per heavy atom. The highest BCUT2D eigenvalue weighted by Gasteiger charge is 2.40. The molecule has 0 saturated carbocycles. The smallest absolute Gasteiger partial charge is 0.161 e. The van der Waals surface area contributed by atoms with Crippen molar-refractivity contribution < 1.29 is 13.6 Å². The molecule has 0 radical (unpaired) electrons. The van der Waals surface area contributed by atoms with Crippen molar-refractivity contribution in [2.75, 3.05) is 4.90 Å². The lowest BCUT2D eigenvalue weighted by Crippen LogP contribution is -2.38. The van der Waals surface area contributed by atoms with Crippen LogP contribution in [-0.4, -0.2) is 5.78 Å². The van der Waals surface area contributed by atoms with Crippen LogP contribution in [0.25, 0.3) is 0 Å². The van der Waals surface area contributed by atoms with Crippen LogP contribution >= 0.6 is 0 Å². The molecule has 4 rings (SSSR count). The Kier molecular flexibility index (Phi) is 4.44. The summed E-state index contributed by atoms with van der Waals surface area (Å²) in [7, 11) is 0. The Morgan fingerprint density at radius 3 is 2.21 bits per heavy atom. The minimum Gasteiger partial charge on any atom is -0.384 e. The van der Waals surface area contributed by atoms with E-state index in [9.17, 15) is 18.8 Å². The van der Waals surface area contributed by atoms with Crippen LogP contribution in [0.3, 0.4) is 0 Å². The van der Waals surface area contributed by atoms with Crippen LogP contribution in [0.2, 0.25) is 0 Å². The van der Waals surface area contributed by atoms with E-state index in [-0.39, 0.29) is 23.0 Å². The van der Waals surface area contributed by atoms with Gasteiger partial charge in [-0.25, -0.2) is 8.78 Å². The standard InChI is InChI=1S/C22H17F2N3O/c23-14-6-4-13(5-7-14)20-17(12-25)22(26)27(16-10-8-15(24)9-11-16)18-2-1-3-19(28)21(18)20/h4-11,20H,1-3,26H2/t20-/m0/s1. The van der Waals surface area contributed by atoms with Crippen molar-refractivity contribution in [1.29, 1.82) is 5.26 Å². The van der Waals surface area contributed by atoms with E-state index in [1.807, 2.05) is 0 Å². The van der Waals surface area contributed by atoms with Crippen molar-refractivity contribution in [3.05, 3.63) is 88.4 Å². The molecule has 0 amide bonds. The van der Waals surface area contributed by atoms with Gasteiger partial charge in [-0.05, 0) is 54.8 Å². The van der Waals surface area contributed by atoms with Gasteiger partial charge in [0.2, 0.25) is 0 Å². The van der Waals surface area contributed by atoms with Crippen molar-refractivity contribution in [1.82, 2.24) is 0 Å². The summed E-state index contributed by atoms with van der Waals surface area (Å²) in [6.45, 7) is 0. The van der Waals surface area contributed by atoms with Gasteiger partial charge in [0, 0.05) is 23.4 Å². The number of nitrogens with two attached hydrogens (primary N) is 1. The third-order valence-electron chi connectivity index (χ3n) is 5.20. The SMILES string of the molecule is N#CC1=C(N)N(c2ccc(F)cc2)C2=C(C(=O)CCC2)[C@H]1c1ccc(F)cc1. The van der Waals surface area contributed by atoms with Crippen LogP contribution in [0, 0.1) is 23.0 Å². The monoisotopic (exact) mass is 377 g/mol. The number of ketones is 1. The molecular formula is C22H17F2N3O. The molecule has 4 nitrogen and oxygen atoms in total. The van der Waals surface area contributed by atoms with Gasteiger partial charge >= 0.3 is 0 Å². The Labute approximate surface area is 161 Å². The molecule has 28 heavy (non-hydrogen) atoms. The van der Waals surface area contributed by atoms with Crippen LogP contribution in [0.4, 0.5) is 14.5 Å². The highest BCUT2D eigenvalue weighted by atomic mass is 19.1. The number of hydrogen-bond acceptors (Lipinski definition) is 4. The van der Waals surface area contributed by atoms with E-state index in [0.717, 1.165) is 0 Å². The fraction of sp³-hybridized carbons (Fsp3) is 0.182. The highest BCUT2D eigenvalue weighted by molar-refractivity contribution is 6.01. The normalized spacial score (nSPS) is 19.5. The summed E-state index contributed by atoms with van der Waals surface area (Å²) < 4.78 is 26.8. The second-order valence-corrected chi connectivity index (χ2v) is 6.84. The van der Waals surface area contributed by atoms with Gasteiger partial charge in [-0.1, -0.05) is 12.1 Å². The van der Waals surface area contributed by atoms with Gasteiger partial charge in [-0.2, -0.15) is 5.26 Å². The molecule has 1 heterocycles. The van der Waals surface area contributed by atoms with Crippen molar-refractivity contribution in [3.8, 4) is 6.07 Å². The van der Waals surface area contributed by atoms with E-state index in [2.05, 4.69) is 6.07 Å². The number of anilines is 1. The van der Waals surface area contributed by atoms with Crippen LogP contribution in [-0.2, 0) is 4.79 Å². The zero-order chi connectivity index (χ0) is 19.8. The summed E-state index contributed by atoms with van der Waals surface area (Å²) >= 11 is 0. The zero-order valence-corrected chi connectivity index (χ0v) is 15.0. The molecule has 1 aliphatic heterocycles. The molecule has 6 heteroatoms. The van der Waals surface area contributed by atoms with Crippen LogP contribution in [0.15, 0.2) is 71.2 Å². The Bertz CT molecular complexity index is 1050. The Hall–Kier alpha value is -3.46. The molecule has 140 valence electrons. The molecule has 1 aliphatic carbocycles. The number of Topliss-reactive ketones (excluding diaryl/α,β-unsaturated/α-hetero) is 1. The molecule has 2 aromatic rings. The summed E-state index contributed by atoms with van der Waals surface area (Å²) in [5.41, 5.74) is 9.06. The van der Waals surface area contributed by atoms with Gasteiger partial charge in [-0.3, -0.25) is 9.69 Å². The van der Waals surface area contributed by atoms with Gasteiger partial charge in [0.1, 0.15) is 17.5 Å². The second kappa shape index (κ2) is 6.93. The first-order chi connectivity index (χ1) is 13.5. The Morgan fingerprint density at radius 1 is 1.00 bits per heavy atom. The fourth-order valence-electron chi connectivity index (χ4n) is 3.96. The average molecular weight is 377 g/mol. The van der Waals surface area contributed by atoms with Gasteiger partial charge in [0.15, 0.2) is 5.78 Å². The number of halogens is 2. The molecule has 0 saturated heterocycles. The molecule has 0 aromatic heterocycles. The first-order valence-electron chi connectivity index (χ1n) is 8.98. The number of nitrogens with zero attached hydrogens (tertiary/aromatic N) is 2. The predicted octanol–water partition coefficient (Wildman–Crippen LogP) is 4.27. The molecule has 0 unspecified atom stereocenters. The summed E-state index contributed by atoms with van der Waals surface area (Å²) in [5.74, 6) is -1.26. The predicted molar refractivity (Wildman–Crippen MR) is 101 cm³/mol. The van der Waals surface area contributed by atoms with Crippen LogP contribution in [0.5, 0.6) is 0 Å². The number of carbonyl (C=O) groups is 1. The maximum atomic E-state index is 13.4. The van der Waals surface area contributed by atoms with Gasteiger partial charge in [-0.15, -0.1) is 0 Å². The lowest BCUT2D eigenvalue weighted by Gasteiger charge is -2.39. The number of benzene rings is 2. The van der Waals surface area contributed by atoms with E-state index in [0.29, 0.717) is 41.8 Å². The lowest BCUT2D eigenvalue weighted by molar-refractivity contribution is -0.116. The van der Waals surface area contributed by atoms with Crippen molar-refractivity contribution >= 4 is 11.5 Å². The van der Waals surface area contributed by atoms with E-state index in [1.54, 1.807) is 29.2 Å². The maximum absolute atomic E-state index is 13.4. The van der Waals surface area contributed by atoms with Gasteiger partial charge < -0.3 is 5.73 Å². The molecular weight excluding hydrogens is 360 g/mol. The number of carbonyl (C=O) groups excluding carboxylic acids is 1. The van der Waals surface area contributed by atoms with Crippen LogP contribution < -0.4 is 10.6 Å². The van der Waals surface area contributed by atoms with Crippen molar-refractivity contribution in [3.63, 3.8) is 0 Å². The van der Waals surface area contributed by atoms with E-state index in [1.165, 1.54) is 24.3 Å². The fourth-order valence-corrected chi connectivity index (χ4v) is 3.96. The summed E-state index contributed by atoms with van der Waals surface area (Å²) in [4.78, 5) is 14.6. The van der Waals surface area contributed by atoms with Crippen molar-refractivity contribution in [2.24, 2.45) is 5.73 Å². The number of hydrogen-bond donors (Lipinski definition) is 1. The maximum Gasteiger partial charge on any atom is 0.161 e. The third kappa shape index (κ3) is 2.85. The topological polar surface area (TPSA) is 70.1 Å². The zero-order valence-electron chi connectivity index (χ0n) is 15.0. The molecule has 0 bridgehead atoms. The molecule has 2 N–H and O–H groups in total. The average Bonchev–Trinajstić information content (AvgIpc) is 2.69. The van der Waals surface area contributed by atoms with Crippen LogP contribution in [0.1, 0.15) is 30.7 Å².